The summed E-state index contributed by atoms with van der Waals surface area (Å²) in [5, 5.41) is 11.3. The van der Waals surface area contributed by atoms with Crippen LogP contribution in [0.2, 0.25) is 0 Å². The van der Waals surface area contributed by atoms with Gasteiger partial charge in [0.05, 0.1) is 5.69 Å². The molecule has 94 valence electrons. The number of rotatable bonds is 7. The molecule has 6 heteroatoms. The number of carboxylic acids is 1. The standard InChI is InChI=1S/C11H16FN3O2/c1-2-8-10(12)11(15-7-14-8)13-6-4-3-5-9(16)17/h7H,2-6H2,1H3,(H,16,17)(H,13,14,15). The molecule has 0 aromatic carbocycles. The van der Waals surface area contributed by atoms with Gasteiger partial charge in [0.1, 0.15) is 6.33 Å². The quantitative estimate of drug-likeness (QED) is 0.712. The fourth-order valence-electron chi connectivity index (χ4n) is 1.38. The van der Waals surface area contributed by atoms with Crippen molar-refractivity contribution in [2.45, 2.75) is 32.6 Å². The Morgan fingerprint density at radius 3 is 2.88 bits per heavy atom. The number of halogens is 1. The minimum absolute atomic E-state index is 0.133. The number of carboxylic acid groups (broad SMARTS) is 1. The molecular formula is C11H16FN3O2. The van der Waals surface area contributed by atoms with E-state index in [2.05, 4.69) is 15.3 Å². The number of nitrogens with one attached hydrogen (secondary N) is 1. The number of nitrogens with zero attached hydrogens (tertiary/aromatic N) is 2. The SMILES string of the molecule is CCc1ncnc(NCCCCC(=O)O)c1F. The lowest BCUT2D eigenvalue weighted by Gasteiger charge is -2.07. The van der Waals surface area contributed by atoms with Crippen LogP contribution in [0.3, 0.4) is 0 Å². The van der Waals surface area contributed by atoms with E-state index in [9.17, 15) is 9.18 Å². The number of anilines is 1. The van der Waals surface area contributed by atoms with Gasteiger partial charge in [0, 0.05) is 13.0 Å². The van der Waals surface area contributed by atoms with Crippen molar-refractivity contribution in [3.05, 3.63) is 17.8 Å². The van der Waals surface area contributed by atoms with E-state index in [1.54, 1.807) is 0 Å². The number of unbranched alkanes of at least 4 members (excludes halogenated alkanes) is 1. The predicted molar refractivity (Wildman–Crippen MR) is 61.3 cm³/mol. The summed E-state index contributed by atoms with van der Waals surface area (Å²) in [6, 6.07) is 0. The number of hydrogen-bond acceptors (Lipinski definition) is 4. The van der Waals surface area contributed by atoms with E-state index in [1.165, 1.54) is 6.33 Å². The Hall–Kier alpha value is -1.72. The van der Waals surface area contributed by atoms with Crippen molar-refractivity contribution in [2.75, 3.05) is 11.9 Å². The van der Waals surface area contributed by atoms with E-state index < -0.39 is 11.8 Å². The highest BCUT2D eigenvalue weighted by atomic mass is 19.1. The van der Waals surface area contributed by atoms with Gasteiger partial charge >= 0.3 is 5.97 Å². The molecule has 0 atom stereocenters. The minimum Gasteiger partial charge on any atom is -0.481 e. The minimum atomic E-state index is -0.813. The lowest BCUT2D eigenvalue weighted by atomic mass is 10.2. The normalized spacial score (nSPS) is 10.2. The third-order valence-corrected chi connectivity index (χ3v) is 2.31. The van der Waals surface area contributed by atoms with Crippen LogP contribution in [0.1, 0.15) is 31.9 Å². The molecule has 0 radical (unpaired) electrons. The number of aromatic nitrogens is 2. The first-order valence-corrected chi connectivity index (χ1v) is 5.60. The van der Waals surface area contributed by atoms with E-state index in [1.807, 2.05) is 6.92 Å². The maximum atomic E-state index is 13.6. The van der Waals surface area contributed by atoms with Crippen LogP contribution in [0.15, 0.2) is 6.33 Å². The number of carbonyl (C=O) groups is 1. The van der Waals surface area contributed by atoms with E-state index in [4.69, 9.17) is 5.11 Å². The molecule has 0 aliphatic carbocycles. The molecule has 0 unspecified atom stereocenters. The van der Waals surface area contributed by atoms with Gasteiger partial charge in [-0.05, 0) is 19.3 Å². The van der Waals surface area contributed by atoms with Crippen LogP contribution in [0, 0.1) is 5.82 Å². The van der Waals surface area contributed by atoms with Gasteiger partial charge in [0.25, 0.3) is 0 Å². The first-order valence-electron chi connectivity index (χ1n) is 5.60. The van der Waals surface area contributed by atoms with Gasteiger partial charge < -0.3 is 10.4 Å². The Bertz CT molecular complexity index is 385. The molecule has 0 saturated carbocycles. The highest BCUT2D eigenvalue weighted by molar-refractivity contribution is 5.66. The van der Waals surface area contributed by atoms with Crippen molar-refractivity contribution >= 4 is 11.8 Å². The Morgan fingerprint density at radius 2 is 2.24 bits per heavy atom. The highest BCUT2D eigenvalue weighted by Gasteiger charge is 2.08. The molecule has 0 fully saturated rings. The first-order chi connectivity index (χ1) is 8.15. The first kappa shape index (κ1) is 13.3. The zero-order chi connectivity index (χ0) is 12.7. The van der Waals surface area contributed by atoms with Gasteiger partial charge in [0.2, 0.25) is 0 Å². The van der Waals surface area contributed by atoms with Gasteiger partial charge in [-0.15, -0.1) is 0 Å². The summed E-state index contributed by atoms with van der Waals surface area (Å²) in [5.74, 6) is -1.05. The van der Waals surface area contributed by atoms with Crippen LogP contribution in [-0.2, 0) is 11.2 Å². The average molecular weight is 241 g/mol. The third-order valence-electron chi connectivity index (χ3n) is 2.31. The maximum Gasteiger partial charge on any atom is 0.303 e. The maximum absolute atomic E-state index is 13.6. The Morgan fingerprint density at radius 1 is 1.47 bits per heavy atom. The van der Waals surface area contributed by atoms with Crippen molar-refractivity contribution in [1.82, 2.24) is 9.97 Å². The smallest absolute Gasteiger partial charge is 0.303 e. The van der Waals surface area contributed by atoms with Gasteiger partial charge in [-0.3, -0.25) is 4.79 Å². The van der Waals surface area contributed by atoms with Crippen molar-refractivity contribution in [1.29, 1.82) is 0 Å². The van der Waals surface area contributed by atoms with E-state index >= 15 is 0 Å². The summed E-state index contributed by atoms with van der Waals surface area (Å²) >= 11 is 0. The second-order valence-electron chi connectivity index (χ2n) is 3.61. The van der Waals surface area contributed by atoms with Crippen molar-refractivity contribution in [2.24, 2.45) is 0 Å². The van der Waals surface area contributed by atoms with Gasteiger partial charge in [-0.1, -0.05) is 6.92 Å². The van der Waals surface area contributed by atoms with Crippen LogP contribution in [0.25, 0.3) is 0 Å². The zero-order valence-corrected chi connectivity index (χ0v) is 9.74. The Labute approximate surface area is 99.1 Å². The fourth-order valence-corrected chi connectivity index (χ4v) is 1.38. The number of hydrogen-bond donors (Lipinski definition) is 2. The molecule has 0 spiro atoms. The number of aliphatic carboxylic acids is 1. The second kappa shape index (κ2) is 6.78. The predicted octanol–water partition coefficient (Wildman–Crippen LogP) is 1.84. The molecule has 1 heterocycles. The van der Waals surface area contributed by atoms with Crippen molar-refractivity contribution < 1.29 is 14.3 Å². The Kier molecular flexibility index (Phi) is 5.32. The van der Waals surface area contributed by atoms with E-state index in [-0.39, 0.29) is 12.2 Å². The van der Waals surface area contributed by atoms with Gasteiger partial charge in [-0.25, -0.2) is 14.4 Å². The van der Waals surface area contributed by atoms with Gasteiger partial charge in [-0.2, -0.15) is 0 Å². The molecule has 1 aromatic rings. The molecule has 0 amide bonds. The molecule has 0 saturated heterocycles. The molecule has 1 rings (SSSR count). The molecular weight excluding hydrogens is 225 g/mol. The second-order valence-corrected chi connectivity index (χ2v) is 3.61. The monoisotopic (exact) mass is 241 g/mol. The lowest BCUT2D eigenvalue weighted by Crippen LogP contribution is -2.08. The van der Waals surface area contributed by atoms with Gasteiger partial charge in [0.15, 0.2) is 11.6 Å². The zero-order valence-electron chi connectivity index (χ0n) is 9.74. The molecule has 5 nitrogen and oxygen atoms in total. The van der Waals surface area contributed by atoms with Crippen LogP contribution in [0.5, 0.6) is 0 Å². The third kappa shape index (κ3) is 4.34. The fraction of sp³-hybridized carbons (Fsp3) is 0.545. The summed E-state index contributed by atoms with van der Waals surface area (Å²) in [6.07, 6.45) is 3.20. The molecule has 17 heavy (non-hydrogen) atoms. The molecule has 0 bridgehead atoms. The van der Waals surface area contributed by atoms with Crippen molar-refractivity contribution in [3.63, 3.8) is 0 Å². The van der Waals surface area contributed by atoms with Crippen LogP contribution >= 0.6 is 0 Å². The molecule has 0 aliphatic rings. The summed E-state index contributed by atoms with van der Waals surface area (Å²) in [5.41, 5.74) is 0.382. The largest absolute Gasteiger partial charge is 0.481 e. The summed E-state index contributed by atoms with van der Waals surface area (Å²) < 4.78 is 13.6. The molecule has 1 aromatic heterocycles. The summed E-state index contributed by atoms with van der Waals surface area (Å²) in [4.78, 5) is 17.9. The van der Waals surface area contributed by atoms with E-state index in [0.29, 0.717) is 31.5 Å². The highest BCUT2D eigenvalue weighted by Crippen LogP contribution is 2.13. The molecule has 0 aliphatic heterocycles. The summed E-state index contributed by atoms with van der Waals surface area (Å²) in [7, 11) is 0. The average Bonchev–Trinajstić information content (AvgIpc) is 2.30. The summed E-state index contributed by atoms with van der Waals surface area (Å²) in [6.45, 7) is 2.33. The number of aryl methyl sites for hydroxylation is 1. The van der Waals surface area contributed by atoms with Crippen molar-refractivity contribution in [3.8, 4) is 0 Å². The molecule has 2 N–H and O–H groups in total. The van der Waals surface area contributed by atoms with Crippen LogP contribution in [0.4, 0.5) is 10.2 Å². The van der Waals surface area contributed by atoms with E-state index in [0.717, 1.165) is 0 Å². The Balaban J connectivity index is 2.39. The van der Waals surface area contributed by atoms with Crippen LogP contribution in [-0.4, -0.2) is 27.6 Å². The van der Waals surface area contributed by atoms with Crippen LogP contribution < -0.4 is 5.32 Å². The topological polar surface area (TPSA) is 75.1 Å². The lowest BCUT2D eigenvalue weighted by molar-refractivity contribution is -0.137.